The van der Waals surface area contributed by atoms with Crippen LogP contribution in [-0.4, -0.2) is 8.42 Å². The van der Waals surface area contributed by atoms with Crippen LogP contribution in [-0.2, 0) is 10.0 Å². The molecule has 0 aliphatic carbocycles. The lowest BCUT2D eigenvalue weighted by Gasteiger charge is -2.12. The van der Waals surface area contributed by atoms with Crippen molar-refractivity contribution in [2.45, 2.75) is 11.8 Å². The summed E-state index contributed by atoms with van der Waals surface area (Å²) in [7, 11) is -3.91. The van der Waals surface area contributed by atoms with Crippen LogP contribution in [0.25, 0.3) is 0 Å². The molecule has 0 radical (unpaired) electrons. The second-order valence-electron chi connectivity index (χ2n) is 4.37. The van der Waals surface area contributed by atoms with Crippen molar-refractivity contribution in [3.05, 3.63) is 51.8 Å². The lowest BCUT2D eigenvalue weighted by atomic mass is 10.2. The van der Waals surface area contributed by atoms with Crippen molar-refractivity contribution in [1.82, 2.24) is 0 Å². The van der Waals surface area contributed by atoms with Gasteiger partial charge in [-0.05, 0) is 42.8 Å². The number of sulfonamides is 1. The summed E-state index contributed by atoms with van der Waals surface area (Å²) < 4.78 is 40.2. The number of anilines is 2. The van der Waals surface area contributed by atoms with E-state index in [1.165, 1.54) is 24.3 Å². The summed E-state index contributed by atoms with van der Waals surface area (Å²) in [5.74, 6) is -0.718. The third kappa shape index (κ3) is 3.40. The standard InChI is InChI=1S/C13H11Cl2FN2O2S/c1-7-4-10(15)12(17)6-13(7)21(19,20)18-8-2-3-9(14)11(16)5-8/h2-6,18H,17H2,1H3. The van der Waals surface area contributed by atoms with Gasteiger partial charge in [0, 0.05) is 0 Å². The van der Waals surface area contributed by atoms with Gasteiger partial charge in [0.1, 0.15) is 5.82 Å². The minimum Gasteiger partial charge on any atom is -0.397 e. The smallest absolute Gasteiger partial charge is 0.262 e. The Labute approximate surface area is 131 Å². The third-order valence-electron chi connectivity index (χ3n) is 2.76. The molecule has 4 nitrogen and oxygen atoms in total. The first-order valence-electron chi connectivity index (χ1n) is 5.74. The number of hydrogen-bond acceptors (Lipinski definition) is 3. The first-order valence-corrected chi connectivity index (χ1v) is 7.98. The molecule has 0 heterocycles. The van der Waals surface area contributed by atoms with Gasteiger partial charge in [-0.1, -0.05) is 23.2 Å². The second-order valence-corrected chi connectivity index (χ2v) is 6.84. The lowest BCUT2D eigenvalue weighted by Crippen LogP contribution is -2.15. The van der Waals surface area contributed by atoms with Crippen LogP contribution in [0.1, 0.15) is 5.56 Å². The number of nitrogen functional groups attached to an aromatic ring is 1. The summed E-state index contributed by atoms with van der Waals surface area (Å²) in [4.78, 5) is -0.0280. The highest BCUT2D eigenvalue weighted by atomic mass is 35.5. The van der Waals surface area contributed by atoms with Crippen molar-refractivity contribution >= 4 is 44.6 Å². The molecule has 8 heteroatoms. The fraction of sp³-hybridized carbons (Fsp3) is 0.0769. The van der Waals surface area contributed by atoms with E-state index in [1.54, 1.807) is 6.92 Å². The van der Waals surface area contributed by atoms with Gasteiger partial charge in [0.2, 0.25) is 0 Å². The Bertz CT molecular complexity index is 810. The van der Waals surface area contributed by atoms with Gasteiger partial charge in [0.25, 0.3) is 10.0 Å². The van der Waals surface area contributed by atoms with Crippen molar-refractivity contribution in [1.29, 1.82) is 0 Å². The minimum atomic E-state index is -3.91. The predicted molar refractivity (Wildman–Crippen MR) is 82.8 cm³/mol. The Morgan fingerprint density at radius 2 is 1.81 bits per heavy atom. The fourth-order valence-electron chi connectivity index (χ4n) is 1.73. The molecule has 0 saturated carbocycles. The summed E-state index contributed by atoms with van der Waals surface area (Å²) in [6, 6.07) is 6.32. The molecule has 3 N–H and O–H groups in total. The Kier molecular flexibility index (Phi) is 4.32. The van der Waals surface area contributed by atoms with Crippen molar-refractivity contribution in [2.75, 3.05) is 10.5 Å². The minimum absolute atomic E-state index is 0.0280. The maximum absolute atomic E-state index is 13.3. The zero-order chi connectivity index (χ0) is 15.8. The average molecular weight is 349 g/mol. The van der Waals surface area contributed by atoms with E-state index in [0.29, 0.717) is 5.56 Å². The number of rotatable bonds is 3. The van der Waals surface area contributed by atoms with E-state index in [9.17, 15) is 12.8 Å². The Morgan fingerprint density at radius 3 is 2.43 bits per heavy atom. The summed E-state index contributed by atoms with van der Waals surface area (Å²) in [6.07, 6.45) is 0. The van der Waals surface area contributed by atoms with E-state index < -0.39 is 15.8 Å². The van der Waals surface area contributed by atoms with Crippen LogP contribution in [0, 0.1) is 12.7 Å². The van der Waals surface area contributed by atoms with Crippen LogP contribution in [0.3, 0.4) is 0 Å². The number of nitrogens with one attached hydrogen (secondary N) is 1. The number of benzene rings is 2. The van der Waals surface area contributed by atoms with Crippen LogP contribution >= 0.6 is 23.2 Å². The van der Waals surface area contributed by atoms with E-state index in [2.05, 4.69) is 4.72 Å². The van der Waals surface area contributed by atoms with Gasteiger partial charge < -0.3 is 5.73 Å². The summed E-state index contributed by atoms with van der Waals surface area (Å²) in [5, 5.41) is 0.175. The van der Waals surface area contributed by atoms with Crippen molar-refractivity contribution < 1.29 is 12.8 Å². The number of hydrogen-bond donors (Lipinski definition) is 2. The fourth-order valence-corrected chi connectivity index (χ4v) is 3.38. The molecule has 0 atom stereocenters. The van der Waals surface area contributed by atoms with E-state index in [-0.39, 0.29) is 26.3 Å². The van der Waals surface area contributed by atoms with Crippen LogP contribution < -0.4 is 10.5 Å². The van der Waals surface area contributed by atoms with E-state index in [0.717, 1.165) is 6.07 Å². The highest BCUT2D eigenvalue weighted by Gasteiger charge is 2.19. The number of aryl methyl sites for hydroxylation is 1. The van der Waals surface area contributed by atoms with Crippen molar-refractivity contribution in [3.63, 3.8) is 0 Å². The summed E-state index contributed by atoms with van der Waals surface area (Å²) in [5.41, 5.74) is 6.25. The van der Waals surface area contributed by atoms with Gasteiger partial charge >= 0.3 is 0 Å². The second kappa shape index (κ2) is 5.71. The van der Waals surface area contributed by atoms with Crippen LogP contribution in [0.2, 0.25) is 10.0 Å². The largest absolute Gasteiger partial charge is 0.397 e. The molecule has 0 aliphatic rings. The van der Waals surface area contributed by atoms with Gasteiger partial charge in [-0.25, -0.2) is 12.8 Å². The molecule has 0 amide bonds. The Balaban J connectivity index is 2.43. The Hall–Kier alpha value is -1.50. The van der Waals surface area contributed by atoms with Gasteiger partial charge in [0.15, 0.2) is 0 Å². The molecule has 112 valence electrons. The van der Waals surface area contributed by atoms with Crippen LogP contribution in [0.15, 0.2) is 35.2 Å². The van der Waals surface area contributed by atoms with E-state index >= 15 is 0 Å². The lowest BCUT2D eigenvalue weighted by molar-refractivity contribution is 0.600. The predicted octanol–water partition coefficient (Wildman–Crippen LogP) is 3.82. The van der Waals surface area contributed by atoms with Crippen LogP contribution in [0.4, 0.5) is 15.8 Å². The molecule has 2 aromatic rings. The average Bonchev–Trinajstić information content (AvgIpc) is 2.37. The van der Waals surface area contributed by atoms with Gasteiger partial charge in [-0.15, -0.1) is 0 Å². The molecule has 2 rings (SSSR count). The summed E-state index contributed by atoms with van der Waals surface area (Å²) >= 11 is 11.4. The number of nitrogens with two attached hydrogens (primary N) is 1. The third-order valence-corrected chi connectivity index (χ3v) is 4.91. The molecule has 0 saturated heterocycles. The van der Waals surface area contributed by atoms with E-state index in [1.807, 2.05) is 0 Å². The molecule has 21 heavy (non-hydrogen) atoms. The molecule has 0 bridgehead atoms. The first-order chi connectivity index (χ1) is 9.70. The summed E-state index contributed by atoms with van der Waals surface area (Å²) in [6.45, 7) is 1.59. The molecule has 0 unspecified atom stereocenters. The highest BCUT2D eigenvalue weighted by Crippen LogP contribution is 2.28. The van der Waals surface area contributed by atoms with Crippen LogP contribution in [0.5, 0.6) is 0 Å². The molecular formula is C13H11Cl2FN2O2S. The Morgan fingerprint density at radius 1 is 1.14 bits per heavy atom. The normalized spacial score (nSPS) is 11.4. The topological polar surface area (TPSA) is 72.2 Å². The monoisotopic (exact) mass is 348 g/mol. The van der Waals surface area contributed by atoms with Gasteiger partial charge in [0.05, 0.1) is 26.3 Å². The molecular weight excluding hydrogens is 338 g/mol. The quantitative estimate of drug-likeness (QED) is 0.828. The van der Waals surface area contributed by atoms with Gasteiger partial charge in [-0.2, -0.15) is 0 Å². The molecule has 2 aromatic carbocycles. The maximum atomic E-state index is 13.3. The molecule has 0 spiro atoms. The zero-order valence-electron chi connectivity index (χ0n) is 10.8. The molecule has 0 fully saturated rings. The number of halogens is 3. The van der Waals surface area contributed by atoms with Crippen molar-refractivity contribution in [3.8, 4) is 0 Å². The van der Waals surface area contributed by atoms with E-state index in [4.69, 9.17) is 28.9 Å². The highest BCUT2D eigenvalue weighted by molar-refractivity contribution is 7.92. The van der Waals surface area contributed by atoms with Crippen molar-refractivity contribution in [2.24, 2.45) is 0 Å². The SMILES string of the molecule is Cc1cc(Cl)c(N)cc1S(=O)(=O)Nc1ccc(Cl)c(F)c1. The molecule has 0 aromatic heterocycles. The van der Waals surface area contributed by atoms with Gasteiger partial charge in [-0.3, -0.25) is 4.72 Å². The maximum Gasteiger partial charge on any atom is 0.262 e. The first kappa shape index (κ1) is 15.9. The molecule has 0 aliphatic heterocycles. The zero-order valence-corrected chi connectivity index (χ0v) is 13.2.